The van der Waals surface area contributed by atoms with E-state index < -0.39 is 0 Å². The van der Waals surface area contributed by atoms with Crippen molar-refractivity contribution >= 4 is 11.3 Å². The molecule has 0 aliphatic carbocycles. The van der Waals surface area contributed by atoms with Gasteiger partial charge in [0, 0.05) is 35.4 Å². The van der Waals surface area contributed by atoms with Crippen molar-refractivity contribution in [1.82, 2.24) is 19.7 Å². The summed E-state index contributed by atoms with van der Waals surface area (Å²) in [5, 5.41) is 7.88. The Morgan fingerprint density at radius 3 is 2.46 bits per heavy atom. The summed E-state index contributed by atoms with van der Waals surface area (Å²) in [4.78, 5) is 6.57. The number of rotatable bonds is 6. The summed E-state index contributed by atoms with van der Waals surface area (Å²) < 4.78 is 15.3. The van der Waals surface area contributed by atoms with Crippen LogP contribution in [0.25, 0.3) is 16.9 Å². The molecule has 2 aromatic carbocycles. The predicted octanol–water partition coefficient (Wildman–Crippen LogP) is 5.08. The van der Waals surface area contributed by atoms with E-state index >= 15 is 0 Å². The molecule has 2 aromatic heterocycles. The zero-order valence-corrected chi connectivity index (χ0v) is 16.7. The first-order valence-electron chi connectivity index (χ1n) is 9.07. The van der Waals surface area contributed by atoms with Gasteiger partial charge in [0.15, 0.2) is 0 Å². The summed E-state index contributed by atoms with van der Waals surface area (Å²) in [5.74, 6) is -0.246. The molecule has 0 aliphatic heterocycles. The first-order valence-corrected chi connectivity index (χ1v) is 9.95. The topological polar surface area (TPSA) is 34.0 Å². The van der Waals surface area contributed by atoms with E-state index in [4.69, 9.17) is 5.10 Å². The van der Waals surface area contributed by atoms with Crippen LogP contribution in [0.15, 0.2) is 66.3 Å². The Balaban J connectivity index is 1.67. The Morgan fingerprint density at radius 2 is 1.79 bits per heavy atom. The van der Waals surface area contributed by atoms with Gasteiger partial charge in [0.2, 0.25) is 0 Å². The van der Waals surface area contributed by atoms with Crippen LogP contribution in [0.5, 0.6) is 0 Å². The van der Waals surface area contributed by atoms with Crippen LogP contribution in [-0.2, 0) is 13.1 Å². The van der Waals surface area contributed by atoms with E-state index in [0.29, 0.717) is 0 Å². The molecule has 0 aliphatic rings. The maximum absolute atomic E-state index is 13.4. The second kappa shape index (κ2) is 8.04. The van der Waals surface area contributed by atoms with E-state index in [1.807, 2.05) is 16.3 Å². The van der Waals surface area contributed by atoms with Gasteiger partial charge in [0.25, 0.3) is 0 Å². The monoisotopic (exact) mass is 392 g/mol. The molecule has 0 spiro atoms. The third-order valence-corrected chi connectivity index (χ3v) is 5.30. The van der Waals surface area contributed by atoms with Crippen molar-refractivity contribution in [3.05, 3.63) is 88.3 Å². The number of halogens is 1. The van der Waals surface area contributed by atoms with E-state index in [0.717, 1.165) is 40.6 Å². The molecule has 0 radical (unpaired) electrons. The minimum Gasteiger partial charge on any atom is -0.295 e. The number of thiazole rings is 1. The quantitative estimate of drug-likeness (QED) is 0.459. The molecule has 4 nitrogen and oxygen atoms in total. The number of nitrogens with zero attached hydrogens (tertiary/aromatic N) is 4. The van der Waals surface area contributed by atoms with Gasteiger partial charge in [-0.15, -0.1) is 11.3 Å². The smallest absolute Gasteiger partial charge is 0.123 e. The fraction of sp³-hybridized carbons (Fsp3) is 0.182. The van der Waals surface area contributed by atoms with Gasteiger partial charge in [-0.3, -0.25) is 4.90 Å². The molecule has 28 heavy (non-hydrogen) atoms. The van der Waals surface area contributed by atoms with Crippen molar-refractivity contribution in [2.24, 2.45) is 0 Å². The van der Waals surface area contributed by atoms with Crippen molar-refractivity contribution in [2.75, 3.05) is 7.05 Å². The van der Waals surface area contributed by atoms with Gasteiger partial charge in [0.05, 0.1) is 17.9 Å². The summed E-state index contributed by atoms with van der Waals surface area (Å²) in [6.45, 7) is 3.56. The lowest BCUT2D eigenvalue weighted by Crippen LogP contribution is -2.17. The van der Waals surface area contributed by atoms with E-state index in [1.54, 1.807) is 23.5 Å². The van der Waals surface area contributed by atoms with Crippen molar-refractivity contribution in [1.29, 1.82) is 0 Å². The molecule has 2 heterocycles. The van der Waals surface area contributed by atoms with E-state index in [2.05, 4.69) is 54.3 Å². The lowest BCUT2D eigenvalue weighted by atomic mass is 10.1. The van der Waals surface area contributed by atoms with Gasteiger partial charge in [-0.05, 0) is 50.4 Å². The molecule has 0 fully saturated rings. The predicted molar refractivity (Wildman–Crippen MR) is 111 cm³/mol. The Kier molecular flexibility index (Phi) is 5.32. The Morgan fingerprint density at radius 1 is 1.04 bits per heavy atom. The highest BCUT2D eigenvalue weighted by molar-refractivity contribution is 7.09. The molecule has 0 saturated heterocycles. The number of benzene rings is 2. The average molecular weight is 393 g/mol. The van der Waals surface area contributed by atoms with Crippen LogP contribution in [0, 0.1) is 12.7 Å². The summed E-state index contributed by atoms with van der Waals surface area (Å²) in [6, 6.07) is 14.8. The number of aryl methyl sites for hydroxylation is 1. The second-order valence-corrected chi connectivity index (χ2v) is 7.87. The fourth-order valence-electron chi connectivity index (χ4n) is 3.11. The van der Waals surface area contributed by atoms with Crippen LogP contribution in [0.3, 0.4) is 0 Å². The molecule has 4 aromatic rings. The summed E-state index contributed by atoms with van der Waals surface area (Å²) in [6.07, 6.45) is 3.88. The number of aromatic nitrogens is 3. The number of hydrogen-bond donors (Lipinski definition) is 0. The zero-order valence-electron chi connectivity index (χ0n) is 15.8. The van der Waals surface area contributed by atoms with E-state index in [-0.39, 0.29) is 5.82 Å². The first-order chi connectivity index (χ1) is 13.6. The van der Waals surface area contributed by atoms with Crippen molar-refractivity contribution < 1.29 is 4.39 Å². The fourth-order valence-corrected chi connectivity index (χ4v) is 3.81. The van der Waals surface area contributed by atoms with Crippen LogP contribution >= 0.6 is 11.3 Å². The standard InChI is InChI=1S/C22H21FN4S/c1-16-3-9-20(10-4-16)27-14-18(13-26(2)15-21-24-11-12-28-21)22(25-27)17-5-7-19(23)8-6-17/h3-12,14H,13,15H2,1-2H3. The molecule has 0 unspecified atom stereocenters. The van der Waals surface area contributed by atoms with E-state index in [1.165, 1.54) is 17.7 Å². The highest BCUT2D eigenvalue weighted by Crippen LogP contribution is 2.25. The molecular weight excluding hydrogens is 371 g/mol. The third kappa shape index (κ3) is 4.18. The molecule has 0 N–H and O–H groups in total. The van der Waals surface area contributed by atoms with Crippen LogP contribution < -0.4 is 0 Å². The van der Waals surface area contributed by atoms with Crippen LogP contribution in [-0.4, -0.2) is 26.7 Å². The Hall–Kier alpha value is -2.83. The highest BCUT2D eigenvalue weighted by Gasteiger charge is 2.15. The minimum atomic E-state index is -0.246. The Bertz CT molecular complexity index is 1040. The van der Waals surface area contributed by atoms with Crippen LogP contribution in [0.1, 0.15) is 16.1 Å². The minimum absolute atomic E-state index is 0.246. The molecule has 6 heteroatoms. The van der Waals surface area contributed by atoms with Gasteiger partial charge in [-0.1, -0.05) is 17.7 Å². The SMILES string of the molecule is Cc1ccc(-n2cc(CN(C)Cc3nccs3)c(-c3ccc(F)cc3)n2)cc1. The summed E-state index contributed by atoms with van der Waals surface area (Å²) in [7, 11) is 2.07. The molecule has 0 atom stereocenters. The molecule has 142 valence electrons. The van der Waals surface area contributed by atoms with Crippen LogP contribution in [0.2, 0.25) is 0 Å². The van der Waals surface area contributed by atoms with Gasteiger partial charge < -0.3 is 0 Å². The summed E-state index contributed by atoms with van der Waals surface area (Å²) >= 11 is 1.65. The molecule has 0 bridgehead atoms. The second-order valence-electron chi connectivity index (χ2n) is 6.89. The number of hydrogen-bond acceptors (Lipinski definition) is 4. The lowest BCUT2D eigenvalue weighted by molar-refractivity contribution is 0.319. The lowest BCUT2D eigenvalue weighted by Gasteiger charge is -2.14. The highest BCUT2D eigenvalue weighted by atomic mass is 32.1. The average Bonchev–Trinajstić information content (AvgIpc) is 3.33. The largest absolute Gasteiger partial charge is 0.295 e. The van der Waals surface area contributed by atoms with Gasteiger partial charge in [-0.25, -0.2) is 14.1 Å². The van der Waals surface area contributed by atoms with Crippen molar-refractivity contribution in [3.63, 3.8) is 0 Å². The maximum atomic E-state index is 13.4. The maximum Gasteiger partial charge on any atom is 0.123 e. The van der Waals surface area contributed by atoms with Gasteiger partial charge >= 0.3 is 0 Å². The van der Waals surface area contributed by atoms with Crippen molar-refractivity contribution in [3.8, 4) is 16.9 Å². The molecule has 4 rings (SSSR count). The third-order valence-electron chi connectivity index (χ3n) is 4.54. The van der Waals surface area contributed by atoms with Crippen molar-refractivity contribution in [2.45, 2.75) is 20.0 Å². The first kappa shape index (κ1) is 18.5. The van der Waals surface area contributed by atoms with Gasteiger partial charge in [0.1, 0.15) is 10.8 Å². The Labute approximate surface area is 167 Å². The van der Waals surface area contributed by atoms with Gasteiger partial charge in [-0.2, -0.15) is 5.10 Å². The van der Waals surface area contributed by atoms with E-state index in [9.17, 15) is 4.39 Å². The molecule has 0 amide bonds. The molecule has 0 saturated carbocycles. The summed E-state index contributed by atoms with van der Waals surface area (Å²) in [5.41, 5.74) is 5.07. The normalized spacial score (nSPS) is 11.3. The zero-order chi connectivity index (χ0) is 19.5. The van der Waals surface area contributed by atoms with Crippen LogP contribution in [0.4, 0.5) is 4.39 Å². The molecular formula is C22H21FN4S.